The first kappa shape index (κ1) is 17.1. The summed E-state index contributed by atoms with van der Waals surface area (Å²) in [5.74, 6) is 0.406. The molecule has 3 rings (SSSR count). The lowest BCUT2D eigenvalue weighted by molar-refractivity contribution is -0.384. The Balaban J connectivity index is 1.74. The van der Waals surface area contributed by atoms with Crippen molar-refractivity contribution in [3.05, 3.63) is 52.1 Å². The van der Waals surface area contributed by atoms with Crippen molar-refractivity contribution in [3.63, 3.8) is 0 Å². The predicted molar refractivity (Wildman–Crippen MR) is 91.6 cm³/mol. The number of piperidine rings is 1. The number of hydrogen-bond donors (Lipinski definition) is 2. The number of benzene rings is 1. The Labute approximate surface area is 144 Å². The van der Waals surface area contributed by atoms with E-state index < -0.39 is 11.0 Å². The summed E-state index contributed by atoms with van der Waals surface area (Å²) in [5, 5.41) is 21.8. The van der Waals surface area contributed by atoms with Crippen LogP contribution in [0.1, 0.15) is 42.1 Å². The number of H-pyrrole nitrogens is 1. The molecule has 8 heteroatoms. The van der Waals surface area contributed by atoms with Crippen LogP contribution >= 0.6 is 0 Å². The van der Waals surface area contributed by atoms with Gasteiger partial charge in [0.15, 0.2) is 5.78 Å². The van der Waals surface area contributed by atoms with Crippen LogP contribution in [-0.2, 0) is 0 Å². The number of nitro groups is 1. The number of aliphatic hydroxyl groups is 1. The third kappa shape index (κ3) is 3.53. The van der Waals surface area contributed by atoms with Gasteiger partial charge in [0.05, 0.1) is 4.92 Å². The van der Waals surface area contributed by atoms with E-state index in [0.717, 1.165) is 0 Å². The largest absolute Gasteiger partial charge is 0.385 e. The van der Waals surface area contributed by atoms with Crippen molar-refractivity contribution in [2.45, 2.75) is 25.9 Å². The van der Waals surface area contributed by atoms with Crippen LogP contribution in [0.15, 0.2) is 30.6 Å². The Kier molecular flexibility index (Phi) is 4.80. The summed E-state index contributed by atoms with van der Waals surface area (Å²) >= 11 is 0. The number of carbonyl (C=O) groups excluding carboxylic acids is 1. The van der Waals surface area contributed by atoms with Gasteiger partial charge in [0.25, 0.3) is 5.69 Å². The van der Waals surface area contributed by atoms with Crippen molar-refractivity contribution in [2.24, 2.45) is 5.92 Å². The lowest BCUT2D eigenvalue weighted by Gasteiger charge is -2.34. The van der Waals surface area contributed by atoms with Crippen molar-refractivity contribution in [2.75, 3.05) is 18.0 Å². The standard InChI is InChI=1S/C17H20N4O4/c1-11(22)13-2-3-14(15(10-13)21(24)25)20-8-4-12(5-9-20)16(23)17-18-6-7-19-17/h2-3,6-7,10,12,16,23H,4-5,8-9H2,1H3,(H,18,19). The quantitative estimate of drug-likeness (QED) is 0.489. The van der Waals surface area contributed by atoms with Gasteiger partial charge in [-0.2, -0.15) is 0 Å². The van der Waals surface area contributed by atoms with E-state index in [1.807, 2.05) is 4.90 Å². The zero-order valence-electron chi connectivity index (χ0n) is 13.9. The first-order valence-electron chi connectivity index (χ1n) is 8.19. The number of nitro benzene ring substituents is 1. The van der Waals surface area contributed by atoms with E-state index in [2.05, 4.69) is 9.97 Å². The summed E-state index contributed by atoms with van der Waals surface area (Å²) in [6, 6.07) is 4.59. The van der Waals surface area contributed by atoms with E-state index in [1.165, 1.54) is 13.0 Å². The second-order valence-electron chi connectivity index (χ2n) is 6.26. The molecule has 1 atom stereocenters. The maximum Gasteiger partial charge on any atom is 0.293 e. The molecule has 0 radical (unpaired) electrons. The molecule has 1 aromatic heterocycles. The highest BCUT2D eigenvalue weighted by Crippen LogP contribution is 2.35. The molecule has 1 fully saturated rings. The molecule has 2 aromatic rings. The van der Waals surface area contributed by atoms with Crippen molar-refractivity contribution >= 4 is 17.2 Å². The number of ketones is 1. The van der Waals surface area contributed by atoms with Crippen molar-refractivity contribution in [1.82, 2.24) is 9.97 Å². The molecule has 0 amide bonds. The molecule has 2 N–H and O–H groups in total. The molecule has 0 saturated carbocycles. The van der Waals surface area contributed by atoms with Crippen LogP contribution in [0.5, 0.6) is 0 Å². The first-order chi connectivity index (χ1) is 12.0. The molecule has 1 unspecified atom stereocenters. The van der Waals surface area contributed by atoms with Gasteiger partial charge in [0.1, 0.15) is 17.6 Å². The number of hydrogen-bond acceptors (Lipinski definition) is 6. The smallest absolute Gasteiger partial charge is 0.293 e. The van der Waals surface area contributed by atoms with Crippen molar-refractivity contribution < 1.29 is 14.8 Å². The lowest BCUT2D eigenvalue weighted by Crippen LogP contribution is -2.36. The molecule has 1 saturated heterocycles. The number of aliphatic hydroxyl groups excluding tert-OH is 1. The SMILES string of the molecule is CC(=O)c1ccc(N2CCC(C(O)c3ncc[nH]3)CC2)c([N+](=O)[O-])c1. The van der Waals surface area contributed by atoms with E-state index in [1.54, 1.807) is 24.5 Å². The van der Waals surface area contributed by atoms with Crippen LogP contribution in [0, 0.1) is 16.0 Å². The normalized spacial score (nSPS) is 16.6. The second kappa shape index (κ2) is 7.02. The molecule has 25 heavy (non-hydrogen) atoms. The van der Waals surface area contributed by atoms with Gasteiger partial charge < -0.3 is 15.0 Å². The van der Waals surface area contributed by atoms with Gasteiger partial charge >= 0.3 is 0 Å². The minimum atomic E-state index is -0.660. The monoisotopic (exact) mass is 344 g/mol. The minimum Gasteiger partial charge on any atom is -0.385 e. The number of imidazole rings is 1. The number of carbonyl (C=O) groups is 1. The topological polar surface area (TPSA) is 112 Å². The van der Waals surface area contributed by atoms with E-state index in [9.17, 15) is 20.0 Å². The fourth-order valence-corrected chi connectivity index (χ4v) is 3.27. The van der Waals surface area contributed by atoms with Crippen LogP contribution < -0.4 is 4.90 Å². The molecule has 2 heterocycles. The van der Waals surface area contributed by atoms with E-state index in [4.69, 9.17) is 0 Å². The van der Waals surface area contributed by atoms with Gasteiger partial charge in [0.2, 0.25) is 0 Å². The Morgan fingerprint density at radius 1 is 1.44 bits per heavy atom. The number of nitrogens with one attached hydrogen (secondary N) is 1. The van der Waals surface area contributed by atoms with Gasteiger partial charge in [-0.05, 0) is 37.8 Å². The summed E-state index contributed by atoms with van der Waals surface area (Å²) in [6.45, 7) is 2.59. The summed E-state index contributed by atoms with van der Waals surface area (Å²) < 4.78 is 0. The van der Waals surface area contributed by atoms with E-state index in [0.29, 0.717) is 43.0 Å². The predicted octanol–water partition coefficient (Wildman–Crippen LogP) is 2.47. The Morgan fingerprint density at radius 3 is 2.72 bits per heavy atom. The number of aromatic nitrogens is 2. The van der Waals surface area contributed by atoms with Crippen molar-refractivity contribution in [3.8, 4) is 0 Å². The maximum absolute atomic E-state index is 11.5. The lowest BCUT2D eigenvalue weighted by atomic mass is 9.90. The van der Waals surface area contributed by atoms with Gasteiger partial charge in [-0.15, -0.1) is 0 Å². The zero-order valence-corrected chi connectivity index (χ0v) is 13.9. The molecule has 132 valence electrons. The molecule has 1 aromatic carbocycles. The summed E-state index contributed by atoms with van der Waals surface area (Å²) in [5.41, 5.74) is 0.789. The van der Waals surface area contributed by atoms with E-state index >= 15 is 0 Å². The number of anilines is 1. The number of Topliss-reactive ketones (excluding diaryl/α,β-unsaturated/α-hetero) is 1. The van der Waals surface area contributed by atoms with Crippen molar-refractivity contribution in [1.29, 1.82) is 0 Å². The number of rotatable bonds is 5. The third-order valence-corrected chi connectivity index (χ3v) is 4.70. The Hall–Kier alpha value is -2.74. The third-order valence-electron chi connectivity index (χ3n) is 4.70. The average molecular weight is 344 g/mol. The molecule has 0 aliphatic carbocycles. The van der Waals surface area contributed by atoms with Crippen LogP contribution in [-0.4, -0.2) is 38.9 Å². The molecular formula is C17H20N4O4. The maximum atomic E-state index is 11.5. The zero-order chi connectivity index (χ0) is 18.0. The molecule has 0 bridgehead atoms. The van der Waals surface area contributed by atoms with Gasteiger partial charge in [0, 0.05) is 37.1 Å². The average Bonchev–Trinajstić information content (AvgIpc) is 3.15. The highest BCUT2D eigenvalue weighted by atomic mass is 16.6. The summed E-state index contributed by atoms with van der Waals surface area (Å²) in [7, 11) is 0. The molecule has 1 aliphatic rings. The number of aromatic amines is 1. The second-order valence-corrected chi connectivity index (χ2v) is 6.26. The highest BCUT2D eigenvalue weighted by molar-refractivity contribution is 5.95. The van der Waals surface area contributed by atoms with Gasteiger partial charge in [-0.3, -0.25) is 14.9 Å². The summed E-state index contributed by atoms with van der Waals surface area (Å²) in [4.78, 5) is 31.3. The minimum absolute atomic E-state index is 0.0537. The highest BCUT2D eigenvalue weighted by Gasteiger charge is 2.30. The fraction of sp³-hybridized carbons (Fsp3) is 0.412. The number of nitrogens with zero attached hydrogens (tertiary/aromatic N) is 3. The molecule has 1 aliphatic heterocycles. The van der Waals surface area contributed by atoms with Gasteiger partial charge in [-0.1, -0.05) is 0 Å². The van der Waals surface area contributed by atoms with Crippen LogP contribution in [0.25, 0.3) is 0 Å². The first-order valence-corrected chi connectivity index (χ1v) is 8.19. The fourth-order valence-electron chi connectivity index (χ4n) is 3.27. The van der Waals surface area contributed by atoms with E-state index in [-0.39, 0.29) is 17.4 Å². The summed E-state index contributed by atoms with van der Waals surface area (Å²) in [6.07, 6.45) is 4.02. The Bertz CT molecular complexity index is 767. The van der Waals surface area contributed by atoms with Crippen LogP contribution in [0.3, 0.4) is 0 Å². The van der Waals surface area contributed by atoms with Crippen LogP contribution in [0.2, 0.25) is 0 Å². The molecular weight excluding hydrogens is 324 g/mol. The molecule has 0 spiro atoms. The van der Waals surface area contributed by atoms with Gasteiger partial charge in [-0.25, -0.2) is 4.98 Å². The Morgan fingerprint density at radius 2 is 2.16 bits per heavy atom. The van der Waals surface area contributed by atoms with Crippen LogP contribution in [0.4, 0.5) is 11.4 Å². The molecule has 8 nitrogen and oxygen atoms in total.